The van der Waals surface area contributed by atoms with Gasteiger partial charge in [0.2, 0.25) is 17.7 Å². The molecule has 2 aromatic rings. The van der Waals surface area contributed by atoms with Gasteiger partial charge in [0, 0.05) is 29.0 Å². The fourth-order valence-electron chi connectivity index (χ4n) is 4.74. The number of ether oxygens (including phenoxy) is 1. The van der Waals surface area contributed by atoms with E-state index in [0.717, 1.165) is 0 Å². The van der Waals surface area contributed by atoms with Crippen molar-refractivity contribution in [2.45, 2.75) is 18.6 Å². The fourth-order valence-corrected chi connectivity index (χ4v) is 4.93. The molecule has 1 spiro atoms. The molecule has 158 valence electrons. The minimum absolute atomic E-state index is 0.148. The largest absolute Gasteiger partial charge is 0.360 e. The number of amides is 3. The van der Waals surface area contributed by atoms with Crippen LogP contribution >= 0.6 is 11.6 Å². The van der Waals surface area contributed by atoms with E-state index in [4.69, 9.17) is 16.3 Å². The minimum atomic E-state index is -0.811. The van der Waals surface area contributed by atoms with E-state index >= 15 is 0 Å². The molecule has 3 amide bonds. The number of rotatable bonds is 4. The Morgan fingerprint density at radius 1 is 1.13 bits per heavy atom. The Morgan fingerprint density at radius 2 is 1.90 bits per heavy atom. The molecule has 4 atom stereocenters. The molecule has 3 aliphatic rings. The third-order valence-electron chi connectivity index (χ3n) is 5.99. The number of nitrogens with one attached hydrogen (secondary N) is 2. The van der Waals surface area contributed by atoms with Crippen LogP contribution in [-0.2, 0) is 19.1 Å². The summed E-state index contributed by atoms with van der Waals surface area (Å²) >= 11 is 6.02. The highest BCUT2D eigenvalue weighted by molar-refractivity contribution is 6.30. The zero-order chi connectivity index (χ0) is 21.8. The topological polar surface area (TPSA) is 87.7 Å². The summed E-state index contributed by atoms with van der Waals surface area (Å²) in [5.74, 6) is -1.80. The number of nitrogens with zero attached hydrogens (tertiary/aromatic N) is 1. The van der Waals surface area contributed by atoms with Gasteiger partial charge in [0.15, 0.2) is 0 Å². The standard InChI is InChI=1S/C23H20ClN3O4/c1-13(28)25-15-5-7-17(8-6-15)27-12-23-10-9-18(31-23)19(20(23)22(27)30)21(29)26-16-4-2-3-14(24)11-16/h2-11,18-20H,12H2,1H3,(H,25,28)(H,26,29)/t18-,19-,20+,23-/m1/s1. The van der Waals surface area contributed by atoms with Gasteiger partial charge in [-0.15, -0.1) is 0 Å². The van der Waals surface area contributed by atoms with Gasteiger partial charge in [-0.05, 0) is 42.5 Å². The molecule has 0 unspecified atom stereocenters. The van der Waals surface area contributed by atoms with Crippen molar-refractivity contribution in [3.63, 3.8) is 0 Å². The molecule has 2 saturated heterocycles. The Labute approximate surface area is 184 Å². The van der Waals surface area contributed by atoms with Gasteiger partial charge < -0.3 is 20.3 Å². The third-order valence-corrected chi connectivity index (χ3v) is 6.23. The molecule has 3 heterocycles. The van der Waals surface area contributed by atoms with Gasteiger partial charge in [-0.1, -0.05) is 29.8 Å². The van der Waals surface area contributed by atoms with Crippen molar-refractivity contribution in [2.24, 2.45) is 11.8 Å². The zero-order valence-electron chi connectivity index (χ0n) is 16.7. The van der Waals surface area contributed by atoms with E-state index in [2.05, 4.69) is 10.6 Å². The molecule has 2 N–H and O–H groups in total. The summed E-state index contributed by atoms with van der Waals surface area (Å²) in [4.78, 5) is 39.4. The summed E-state index contributed by atoms with van der Waals surface area (Å²) in [5.41, 5.74) is 1.11. The average Bonchev–Trinajstić information content (AvgIpc) is 3.36. The van der Waals surface area contributed by atoms with Crippen LogP contribution in [0.25, 0.3) is 0 Å². The number of anilines is 3. The number of halogens is 1. The number of benzene rings is 2. The quantitative estimate of drug-likeness (QED) is 0.719. The van der Waals surface area contributed by atoms with Crippen LogP contribution in [0.2, 0.25) is 5.02 Å². The first-order chi connectivity index (χ1) is 14.9. The van der Waals surface area contributed by atoms with Crippen LogP contribution in [0.15, 0.2) is 60.7 Å². The van der Waals surface area contributed by atoms with Crippen LogP contribution < -0.4 is 15.5 Å². The molecule has 8 heteroatoms. The van der Waals surface area contributed by atoms with Crippen molar-refractivity contribution >= 4 is 46.4 Å². The predicted octanol–water partition coefficient (Wildman–Crippen LogP) is 3.22. The lowest BCUT2D eigenvalue weighted by Crippen LogP contribution is -2.41. The van der Waals surface area contributed by atoms with Gasteiger partial charge in [-0.2, -0.15) is 0 Å². The van der Waals surface area contributed by atoms with Gasteiger partial charge >= 0.3 is 0 Å². The molecule has 7 nitrogen and oxygen atoms in total. The third kappa shape index (κ3) is 3.30. The first kappa shape index (κ1) is 19.8. The normalized spacial score (nSPS) is 28.0. The molecule has 2 fully saturated rings. The molecule has 2 bridgehead atoms. The van der Waals surface area contributed by atoms with Crippen LogP contribution in [0.1, 0.15) is 6.92 Å². The Balaban J connectivity index is 1.39. The number of carbonyl (C=O) groups excluding carboxylic acids is 3. The first-order valence-electron chi connectivity index (χ1n) is 9.99. The Kier molecular flexibility index (Phi) is 4.60. The molecule has 2 aromatic carbocycles. The van der Waals surface area contributed by atoms with E-state index < -0.39 is 23.5 Å². The number of hydrogen-bond donors (Lipinski definition) is 2. The van der Waals surface area contributed by atoms with Crippen LogP contribution in [0.4, 0.5) is 17.1 Å². The summed E-state index contributed by atoms with van der Waals surface area (Å²) in [7, 11) is 0. The molecule has 31 heavy (non-hydrogen) atoms. The summed E-state index contributed by atoms with van der Waals surface area (Å²) in [6.45, 7) is 1.77. The zero-order valence-corrected chi connectivity index (χ0v) is 17.4. The summed E-state index contributed by atoms with van der Waals surface area (Å²) < 4.78 is 6.16. The van der Waals surface area contributed by atoms with E-state index in [1.54, 1.807) is 53.4 Å². The molecular weight excluding hydrogens is 418 g/mol. The van der Waals surface area contributed by atoms with E-state index in [0.29, 0.717) is 28.6 Å². The fraction of sp³-hybridized carbons (Fsp3) is 0.261. The lowest BCUT2D eigenvalue weighted by atomic mass is 9.77. The SMILES string of the molecule is CC(=O)Nc1ccc(N2C[C@@]34C=C[C@@H](O3)[C@@H](C(=O)Nc3cccc(Cl)c3)[C@H]4C2=O)cc1. The number of carbonyl (C=O) groups is 3. The second-order valence-corrected chi connectivity index (χ2v) is 8.49. The van der Waals surface area contributed by atoms with Gasteiger partial charge in [0.25, 0.3) is 0 Å². The Hall–Kier alpha value is -3.16. The van der Waals surface area contributed by atoms with Crippen LogP contribution in [-0.4, -0.2) is 36.0 Å². The van der Waals surface area contributed by atoms with E-state index in [9.17, 15) is 14.4 Å². The highest BCUT2D eigenvalue weighted by Gasteiger charge is 2.67. The van der Waals surface area contributed by atoms with Crippen LogP contribution in [0.5, 0.6) is 0 Å². The summed E-state index contributed by atoms with van der Waals surface area (Å²) in [6.07, 6.45) is 3.35. The number of fused-ring (bicyclic) bond motifs is 1. The lowest BCUT2D eigenvalue weighted by molar-refractivity contribution is -0.128. The van der Waals surface area contributed by atoms with Crippen molar-refractivity contribution in [1.82, 2.24) is 0 Å². The number of hydrogen-bond acceptors (Lipinski definition) is 4. The van der Waals surface area contributed by atoms with Crippen molar-refractivity contribution in [2.75, 3.05) is 22.1 Å². The molecule has 0 aromatic heterocycles. The molecular formula is C23H20ClN3O4. The Bertz CT molecular complexity index is 1120. The van der Waals surface area contributed by atoms with E-state index in [-0.39, 0.29) is 17.7 Å². The van der Waals surface area contributed by atoms with Gasteiger partial charge in [-0.3, -0.25) is 14.4 Å². The van der Waals surface area contributed by atoms with Gasteiger partial charge in [0.05, 0.1) is 24.5 Å². The van der Waals surface area contributed by atoms with Crippen LogP contribution in [0.3, 0.4) is 0 Å². The maximum atomic E-state index is 13.4. The molecule has 5 rings (SSSR count). The van der Waals surface area contributed by atoms with Crippen molar-refractivity contribution in [3.05, 3.63) is 65.7 Å². The molecule has 3 aliphatic heterocycles. The monoisotopic (exact) mass is 437 g/mol. The lowest BCUT2D eigenvalue weighted by Gasteiger charge is -2.23. The highest BCUT2D eigenvalue weighted by Crippen LogP contribution is 2.52. The summed E-state index contributed by atoms with van der Waals surface area (Å²) in [6, 6.07) is 13.9. The second-order valence-electron chi connectivity index (χ2n) is 8.05. The first-order valence-corrected chi connectivity index (χ1v) is 10.4. The maximum absolute atomic E-state index is 13.4. The van der Waals surface area contributed by atoms with Crippen molar-refractivity contribution in [3.8, 4) is 0 Å². The van der Waals surface area contributed by atoms with Crippen molar-refractivity contribution < 1.29 is 19.1 Å². The second kappa shape index (κ2) is 7.21. The average molecular weight is 438 g/mol. The maximum Gasteiger partial charge on any atom is 0.234 e. The van der Waals surface area contributed by atoms with E-state index in [1.165, 1.54) is 6.92 Å². The molecule has 0 aliphatic carbocycles. The minimum Gasteiger partial charge on any atom is -0.360 e. The summed E-state index contributed by atoms with van der Waals surface area (Å²) in [5, 5.41) is 6.10. The Morgan fingerprint density at radius 3 is 2.61 bits per heavy atom. The van der Waals surface area contributed by atoms with Gasteiger partial charge in [-0.25, -0.2) is 0 Å². The highest BCUT2D eigenvalue weighted by atomic mass is 35.5. The smallest absolute Gasteiger partial charge is 0.234 e. The van der Waals surface area contributed by atoms with Crippen molar-refractivity contribution in [1.29, 1.82) is 0 Å². The van der Waals surface area contributed by atoms with Crippen LogP contribution in [0, 0.1) is 11.8 Å². The predicted molar refractivity (Wildman–Crippen MR) is 117 cm³/mol. The van der Waals surface area contributed by atoms with Gasteiger partial charge in [0.1, 0.15) is 5.60 Å². The molecule has 0 saturated carbocycles. The van der Waals surface area contributed by atoms with E-state index in [1.807, 2.05) is 12.2 Å². The molecule has 0 radical (unpaired) electrons.